The first kappa shape index (κ1) is 18.3. The molecule has 0 rings (SSSR count). The van der Waals surface area contributed by atoms with Crippen LogP contribution in [0.3, 0.4) is 0 Å². The Morgan fingerprint density at radius 3 is 1.63 bits per heavy atom. The van der Waals surface area contributed by atoms with Crippen molar-refractivity contribution in [1.82, 2.24) is 0 Å². The molecule has 0 amide bonds. The molecule has 0 fully saturated rings. The average molecular weight is 279 g/mol. The lowest BCUT2D eigenvalue weighted by atomic mass is 10.3. The van der Waals surface area contributed by atoms with Crippen LogP contribution in [0.15, 0.2) is 0 Å². The smallest absolute Gasteiger partial charge is 0.303 e. The van der Waals surface area contributed by atoms with Crippen LogP contribution >= 0.6 is 0 Å². The zero-order valence-corrected chi connectivity index (χ0v) is 11.3. The molecule has 7 heteroatoms. The number of rotatable bonds is 15. The van der Waals surface area contributed by atoms with Crippen molar-refractivity contribution in [3.63, 3.8) is 0 Å². The van der Waals surface area contributed by atoms with Gasteiger partial charge in [-0.25, -0.2) is 0 Å². The Kier molecular flexibility index (Phi) is 14.7. The topological polar surface area (TPSA) is 100 Å². The first-order valence-electron chi connectivity index (χ1n) is 6.50. The fourth-order valence-corrected chi connectivity index (χ4v) is 1.17. The zero-order chi connectivity index (χ0) is 14.2. The molecular weight excluding hydrogens is 254 g/mol. The third-order valence-corrected chi connectivity index (χ3v) is 2.06. The van der Waals surface area contributed by atoms with Gasteiger partial charge in [0.05, 0.1) is 46.2 Å². The maximum atomic E-state index is 10.2. The Labute approximate surface area is 114 Å². The van der Waals surface area contributed by atoms with Crippen LogP contribution in [-0.2, 0) is 23.7 Å². The van der Waals surface area contributed by atoms with E-state index in [0.717, 1.165) is 0 Å². The van der Waals surface area contributed by atoms with E-state index in [9.17, 15) is 4.79 Å². The van der Waals surface area contributed by atoms with Crippen molar-refractivity contribution in [2.75, 3.05) is 59.4 Å². The van der Waals surface area contributed by atoms with E-state index in [1.165, 1.54) is 0 Å². The van der Waals surface area contributed by atoms with Gasteiger partial charge in [0.15, 0.2) is 0 Å². The van der Waals surface area contributed by atoms with E-state index in [0.29, 0.717) is 65.8 Å². The van der Waals surface area contributed by atoms with Crippen molar-refractivity contribution in [3.8, 4) is 0 Å². The molecule has 19 heavy (non-hydrogen) atoms. The van der Waals surface area contributed by atoms with Gasteiger partial charge in [0.25, 0.3) is 0 Å². The maximum absolute atomic E-state index is 10.2. The van der Waals surface area contributed by atoms with Crippen molar-refractivity contribution in [1.29, 1.82) is 0 Å². The average Bonchev–Trinajstić information content (AvgIpc) is 2.39. The number of hydrogen-bond acceptors (Lipinski definition) is 6. The highest BCUT2D eigenvalue weighted by Crippen LogP contribution is 1.90. The maximum Gasteiger partial charge on any atom is 0.303 e. The summed E-state index contributed by atoms with van der Waals surface area (Å²) in [6.07, 6.45) is 0.669. The van der Waals surface area contributed by atoms with Crippen LogP contribution in [-0.4, -0.2) is 70.5 Å². The quantitative estimate of drug-likeness (QED) is 0.403. The summed E-state index contributed by atoms with van der Waals surface area (Å²) in [6, 6.07) is 0. The molecule has 0 atom stereocenters. The highest BCUT2D eigenvalue weighted by molar-refractivity contribution is 5.66. The van der Waals surface area contributed by atoms with E-state index in [-0.39, 0.29) is 6.42 Å². The van der Waals surface area contributed by atoms with Crippen molar-refractivity contribution in [2.24, 2.45) is 5.73 Å². The molecule has 0 aliphatic rings. The van der Waals surface area contributed by atoms with Gasteiger partial charge in [0.1, 0.15) is 0 Å². The number of aliphatic carboxylic acids is 1. The van der Waals surface area contributed by atoms with Crippen molar-refractivity contribution >= 4 is 5.97 Å². The second kappa shape index (κ2) is 15.3. The second-order valence-electron chi connectivity index (χ2n) is 3.74. The van der Waals surface area contributed by atoms with Crippen LogP contribution in [0.2, 0.25) is 0 Å². The molecule has 0 saturated heterocycles. The number of hydrogen-bond donors (Lipinski definition) is 2. The Morgan fingerprint density at radius 2 is 1.21 bits per heavy atom. The monoisotopic (exact) mass is 279 g/mol. The summed E-state index contributed by atoms with van der Waals surface area (Å²) < 4.78 is 20.8. The fraction of sp³-hybridized carbons (Fsp3) is 0.917. The van der Waals surface area contributed by atoms with Gasteiger partial charge >= 0.3 is 5.97 Å². The van der Waals surface area contributed by atoms with Crippen LogP contribution in [0.5, 0.6) is 0 Å². The lowest BCUT2D eigenvalue weighted by Crippen LogP contribution is -2.14. The minimum absolute atomic E-state index is 0.140. The van der Waals surface area contributed by atoms with Gasteiger partial charge in [-0.1, -0.05) is 0 Å². The number of carboxylic acids is 1. The number of carbonyl (C=O) groups is 1. The van der Waals surface area contributed by atoms with E-state index in [4.69, 9.17) is 29.8 Å². The Hall–Kier alpha value is -0.730. The van der Waals surface area contributed by atoms with Gasteiger partial charge in [-0.3, -0.25) is 4.79 Å². The van der Waals surface area contributed by atoms with Gasteiger partial charge in [-0.15, -0.1) is 0 Å². The van der Waals surface area contributed by atoms with E-state index >= 15 is 0 Å². The summed E-state index contributed by atoms with van der Waals surface area (Å²) in [6.45, 7) is 4.60. The summed E-state index contributed by atoms with van der Waals surface area (Å²) in [5.74, 6) is -0.799. The van der Waals surface area contributed by atoms with Crippen LogP contribution < -0.4 is 5.73 Å². The van der Waals surface area contributed by atoms with Gasteiger partial charge in [0, 0.05) is 19.6 Å². The number of carboxylic acid groups (broad SMARTS) is 1. The third kappa shape index (κ3) is 17.3. The van der Waals surface area contributed by atoms with Gasteiger partial charge in [-0.05, 0) is 6.42 Å². The van der Waals surface area contributed by atoms with Crippen molar-refractivity contribution in [3.05, 3.63) is 0 Å². The molecule has 0 aromatic rings. The zero-order valence-electron chi connectivity index (χ0n) is 11.3. The first-order chi connectivity index (χ1) is 9.27. The molecule has 7 nitrogen and oxygen atoms in total. The molecule has 0 aromatic heterocycles. The molecule has 0 heterocycles. The molecule has 0 aromatic carbocycles. The molecule has 0 aliphatic carbocycles. The molecular formula is C12H25NO6. The fourth-order valence-electron chi connectivity index (χ4n) is 1.17. The minimum Gasteiger partial charge on any atom is -0.481 e. The Bertz CT molecular complexity index is 203. The van der Waals surface area contributed by atoms with Crippen molar-refractivity contribution in [2.45, 2.75) is 12.8 Å². The minimum atomic E-state index is -0.799. The largest absolute Gasteiger partial charge is 0.481 e. The lowest BCUT2D eigenvalue weighted by molar-refractivity contribution is -0.137. The molecule has 0 unspecified atom stereocenters. The molecule has 0 saturated carbocycles. The van der Waals surface area contributed by atoms with Gasteiger partial charge < -0.3 is 29.8 Å². The predicted octanol–water partition coefficient (Wildman–Crippen LogP) is -0.124. The molecule has 3 N–H and O–H groups in total. The van der Waals surface area contributed by atoms with Crippen LogP contribution in [0, 0.1) is 0 Å². The summed E-state index contributed by atoms with van der Waals surface area (Å²) in [4.78, 5) is 10.2. The number of ether oxygens (including phenoxy) is 4. The molecule has 0 bridgehead atoms. The first-order valence-corrected chi connectivity index (χ1v) is 6.50. The van der Waals surface area contributed by atoms with Crippen molar-refractivity contribution < 1.29 is 28.8 Å². The standard InChI is InChI=1S/C12H25NO6/c13-3-5-17-7-9-19-11-10-18-8-6-16-4-1-2-12(14)15/h1-11,13H2,(H,14,15). The van der Waals surface area contributed by atoms with E-state index in [1.54, 1.807) is 0 Å². The predicted molar refractivity (Wildman–Crippen MR) is 69.2 cm³/mol. The van der Waals surface area contributed by atoms with Gasteiger partial charge in [0.2, 0.25) is 0 Å². The van der Waals surface area contributed by atoms with Crippen LogP contribution in [0.4, 0.5) is 0 Å². The second-order valence-corrected chi connectivity index (χ2v) is 3.74. The molecule has 0 spiro atoms. The summed E-state index contributed by atoms with van der Waals surface area (Å²) in [5.41, 5.74) is 5.26. The van der Waals surface area contributed by atoms with E-state index < -0.39 is 5.97 Å². The molecule has 0 radical (unpaired) electrons. The highest BCUT2D eigenvalue weighted by atomic mass is 16.6. The normalized spacial score (nSPS) is 10.8. The molecule has 114 valence electrons. The van der Waals surface area contributed by atoms with E-state index in [2.05, 4.69) is 0 Å². The molecule has 0 aliphatic heterocycles. The van der Waals surface area contributed by atoms with Crippen LogP contribution in [0.25, 0.3) is 0 Å². The summed E-state index contributed by atoms with van der Waals surface area (Å²) >= 11 is 0. The SMILES string of the molecule is NCCOCCOCCOCCOCCCC(=O)O. The highest BCUT2D eigenvalue weighted by Gasteiger charge is 1.96. The van der Waals surface area contributed by atoms with E-state index in [1.807, 2.05) is 0 Å². The van der Waals surface area contributed by atoms with Crippen LogP contribution in [0.1, 0.15) is 12.8 Å². The third-order valence-electron chi connectivity index (χ3n) is 2.06. The summed E-state index contributed by atoms with van der Waals surface area (Å²) in [7, 11) is 0. The number of nitrogens with two attached hydrogens (primary N) is 1. The Balaban J connectivity index is 2.93. The van der Waals surface area contributed by atoms with Gasteiger partial charge in [-0.2, -0.15) is 0 Å². The summed E-state index contributed by atoms with van der Waals surface area (Å²) in [5, 5.41) is 8.40. The Morgan fingerprint density at radius 1 is 0.789 bits per heavy atom. The lowest BCUT2D eigenvalue weighted by Gasteiger charge is -2.06.